The number of likely N-dealkylation sites (N-methyl/N-ethyl adjacent to an activating group) is 1. The first-order valence-corrected chi connectivity index (χ1v) is 5.95. The number of amides is 1. The molecule has 2 rings (SSSR count). The molecule has 1 fully saturated rings. The highest BCUT2D eigenvalue weighted by Gasteiger charge is 2.21. The van der Waals surface area contributed by atoms with Crippen LogP contribution in [0.3, 0.4) is 0 Å². The smallest absolute Gasteiger partial charge is 0.272 e. The molecule has 0 aliphatic carbocycles. The molecule has 1 aromatic heterocycles. The largest absolute Gasteiger partial charge is 0.384 e. The van der Waals surface area contributed by atoms with Crippen molar-refractivity contribution in [2.75, 3.05) is 38.5 Å². The van der Waals surface area contributed by atoms with Crippen molar-refractivity contribution in [2.45, 2.75) is 6.92 Å². The molecule has 0 saturated carbocycles. The number of nitrogen functional groups attached to an aromatic ring is 1. The van der Waals surface area contributed by atoms with E-state index < -0.39 is 0 Å². The van der Waals surface area contributed by atoms with E-state index in [1.54, 1.807) is 18.2 Å². The first-order valence-electron chi connectivity index (χ1n) is 5.95. The third-order valence-corrected chi connectivity index (χ3v) is 3.10. The first kappa shape index (κ1) is 11.9. The van der Waals surface area contributed by atoms with E-state index in [-0.39, 0.29) is 5.91 Å². The summed E-state index contributed by atoms with van der Waals surface area (Å²) in [7, 11) is 0. The van der Waals surface area contributed by atoms with Crippen LogP contribution >= 0.6 is 0 Å². The predicted molar refractivity (Wildman–Crippen MR) is 66.7 cm³/mol. The Balaban J connectivity index is 2.02. The molecule has 0 unspecified atom stereocenters. The molecule has 1 aliphatic heterocycles. The van der Waals surface area contributed by atoms with Crippen molar-refractivity contribution in [3.05, 3.63) is 23.9 Å². The lowest BCUT2D eigenvalue weighted by Gasteiger charge is -2.33. The summed E-state index contributed by atoms with van der Waals surface area (Å²) in [6.07, 6.45) is 0. The van der Waals surface area contributed by atoms with Gasteiger partial charge in [0.25, 0.3) is 5.91 Å². The average Bonchev–Trinajstić information content (AvgIpc) is 2.38. The highest BCUT2D eigenvalue weighted by Crippen LogP contribution is 2.08. The van der Waals surface area contributed by atoms with Gasteiger partial charge in [-0.3, -0.25) is 4.79 Å². The van der Waals surface area contributed by atoms with Gasteiger partial charge in [0.15, 0.2) is 0 Å². The van der Waals surface area contributed by atoms with Crippen LogP contribution in [0.4, 0.5) is 5.82 Å². The van der Waals surface area contributed by atoms with Crippen LogP contribution in [0.25, 0.3) is 0 Å². The summed E-state index contributed by atoms with van der Waals surface area (Å²) in [6, 6.07) is 5.16. The van der Waals surface area contributed by atoms with Crippen molar-refractivity contribution in [3.63, 3.8) is 0 Å². The number of nitrogens with two attached hydrogens (primary N) is 1. The monoisotopic (exact) mass is 234 g/mol. The first-order chi connectivity index (χ1) is 8.20. The molecule has 17 heavy (non-hydrogen) atoms. The van der Waals surface area contributed by atoms with E-state index in [1.165, 1.54) is 0 Å². The fraction of sp³-hybridized carbons (Fsp3) is 0.500. The lowest BCUT2D eigenvalue weighted by molar-refractivity contribution is 0.0638. The molecule has 1 aromatic rings. The van der Waals surface area contributed by atoms with E-state index in [1.807, 2.05) is 4.90 Å². The van der Waals surface area contributed by atoms with Crippen molar-refractivity contribution in [2.24, 2.45) is 0 Å². The Morgan fingerprint density at radius 1 is 1.35 bits per heavy atom. The summed E-state index contributed by atoms with van der Waals surface area (Å²) < 4.78 is 0. The van der Waals surface area contributed by atoms with Crippen molar-refractivity contribution < 1.29 is 4.79 Å². The average molecular weight is 234 g/mol. The van der Waals surface area contributed by atoms with Gasteiger partial charge in [-0.05, 0) is 18.7 Å². The maximum absolute atomic E-state index is 12.1. The summed E-state index contributed by atoms with van der Waals surface area (Å²) in [5.74, 6) is 0.371. The van der Waals surface area contributed by atoms with Gasteiger partial charge in [0.1, 0.15) is 11.5 Å². The molecule has 2 N–H and O–H groups in total. The van der Waals surface area contributed by atoms with Crippen LogP contribution in [0.15, 0.2) is 18.2 Å². The lowest BCUT2D eigenvalue weighted by Crippen LogP contribution is -2.48. The number of nitrogens with zero attached hydrogens (tertiary/aromatic N) is 3. The Hall–Kier alpha value is -1.62. The van der Waals surface area contributed by atoms with Crippen molar-refractivity contribution in [1.29, 1.82) is 0 Å². The molecule has 0 aromatic carbocycles. The van der Waals surface area contributed by atoms with Gasteiger partial charge in [0, 0.05) is 26.2 Å². The molecule has 0 radical (unpaired) electrons. The van der Waals surface area contributed by atoms with Crippen LogP contribution in [-0.4, -0.2) is 53.4 Å². The number of pyridine rings is 1. The maximum Gasteiger partial charge on any atom is 0.272 e. The zero-order valence-corrected chi connectivity index (χ0v) is 10.1. The summed E-state index contributed by atoms with van der Waals surface area (Å²) in [5, 5.41) is 0. The van der Waals surface area contributed by atoms with E-state index in [0.29, 0.717) is 11.5 Å². The minimum absolute atomic E-state index is 0.0203. The minimum atomic E-state index is -0.0203. The number of anilines is 1. The van der Waals surface area contributed by atoms with Crippen molar-refractivity contribution >= 4 is 11.7 Å². The van der Waals surface area contributed by atoms with Gasteiger partial charge in [-0.25, -0.2) is 4.98 Å². The number of hydrogen-bond acceptors (Lipinski definition) is 4. The van der Waals surface area contributed by atoms with E-state index in [4.69, 9.17) is 5.73 Å². The second-order valence-corrected chi connectivity index (χ2v) is 4.17. The van der Waals surface area contributed by atoms with Gasteiger partial charge in [0.05, 0.1) is 0 Å². The number of rotatable bonds is 2. The Morgan fingerprint density at radius 3 is 2.65 bits per heavy atom. The Bertz CT molecular complexity index is 399. The number of aromatic nitrogens is 1. The molecular weight excluding hydrogens is 216 g/mol. The minimum Gasteiger partial charge on any atom is -0.384 e. The normalized spacial score (nSPS) is 17.1. The maximum atomic E-state index is 12.1. The fourth-order valence-electron chi connectivity index (χ4n) is 2.00. The number of carbonyl (C=O) groups excluding carboxylic acids is 1. The van der Waals surface area contributed by atoms with Crippen LogP contribution < -0.4 is 5.73 Å². The standard InChI is InChI=1S/C12H18N4O/c1-2-15-6-8-16(9-7-15)12(17)10-4-3-5-11(13)14-10/h3-5H,2,6-9H2,1H3,(H2,13,14). The van der Waals surface area contributed by atoms with E-state index in [2.05, 4.69) is 16.8 Å². The van der Waals surface area contributed by atoms with Gasteiger partial charge in [-0.2, -0.15) is 0 Å². The van der Waals surface area contributed by atoms with Crippen LogP contribution in [-0.2, 0) is 0 Å². The molecule has 2 heterocycles. The van der Waals surface area contributed by atoms with E-state index in [0.717, 1.165) is 32.7 Å². The molecule has 1 saturated heterocycles. The van der Waals surface area contributed by atoms with Crippen LogP contribution in [0.5, 0.6) is 0 Å². The van der Waals surface area contributed by atoms with Crippen LogP contribution in [0.1, 0.15) is 17.4 Å². The Kier molecular flexibility index (Phi) is 3.58. The second-order valence-electron chi connectivity index (χ2n) is 4.17. The van der Waals surface area contributed by atoms with Gasteiger partial charge in [-0.1, -0.05) is 13.0 Å². The zero-order chi connectivity index (χ0) is 12.3. The summed E-state index contributed by atoms with van der Waals surface area (Å²) >= 11 is 0. The third kappa shape index (κ3) is 2.74. The summed E-state index contributed by atoms with van der Waals surface area (Å²) in [4.78, 5) is 20.4. The quantitative estimate of drug-likeness (QED) is 0.806. The Labute approximate surface area is 101 Å². The van der Waals surface area contributed by atoms with E-state index in [9.17, 15) is 4.79 Å². The van der Waals surface area contributed by atoms with Crippen molar-refractivity contribution in [1.82, 2.24) is 14.8 Å². The second kappa shape index (κ2) is 5.14. The van der Waals surface area contributed by atoms with Gasteiger partial charge in [0.2, 0.25) is 0 Å². The Morgan fingerprint density at radius 2 is 2.06 bits per heavy atom. The molecule has 5 heteroatoms. The number of carbonyl (C=O) groups is 1. The molecule has 0 atom stereocenters. The molecule has 1 amide bonds. The summed E-state index contributed by atoms with van der Waals surface area (Å²) in [5.41, 5.74) is 6.02. The third-order valence-electron chi connectivity index (χ3n) is 3.10. The predicted octanol–water partition coefficient (Wildman–Crippen LogP) is 0.442. The van der Waals surface area contributed by atoms with Crippen molar-refractivity contribution in [3.8, 4) is 0 Å². The SMILES string of the molecule is CCN1CCN(C(=O)c2cccc(N)n2)CC1. The molecule has 5 nitrogen and oxygen atoms in total. The van der Waals surface area contributed by atoms with E-state index >= 15 is 0 Å². The zero-order valence-electron chi connectivity index (χ0n) is 10.1. The highest BCUT2D eigenvalue weighted by atomic mass is 16.2. The lowest BCUT2D eigenvalue weighted by atomic mass is 10.2. The number of hydrogen-bond donors (Lipinski definition) is 1. The van der Waals surface area contributed by atoms with Crippen LogP contribution in [0, 0.1) is 0 Å². The molecule has 1 aliphatic rings. The van der Waals surface area contributed by atoms with Gasteiger partial charge < -0.3 is 15.5 Å². The molecule has 92 valence electrons. The summed E-state index contributed by atoms with van der Waals surface area (Å²) in [6.45, 7) is 6.58. The van der Waals surface area contributed by atoms with Crippen LogP contribution in [0.2, 0.25) is 0 Å². The van der Waals surface area contributed by atoms with Gasteiger partial charge in [-0.15, -0.1) is 0 Å². The molecular formula is C12H18N4O. The van der Waals surface area contributed by atoms with Gasteiger partial charge >= 0.3 is 0 Å². The molecule has 0 bridgehead atoms. The fourth-order valence-corrected chi connectivity index (χ4v) is 2.00. The highest BCUT2D eigenvalue weighted by molar-refractivity contribution is 5.92. The number of piperazine rings is 1. The topological polar surface area (TPSA) is 62.5 Å². The molecule has 0 spiro atoms.